The molecule has 0 spiro atoms. The van der Waals surface area contributed by atoms with Crippen LogP contribution in [0.3, 0.4) is 0 Å². The van der Waals surface area contributed by atoms with Gasteiger partial charge in [-0.15, -0.1) is 0 Å². The molecule has 0 saturated carbocycles. The monoisotopic (exact) mass is 378 g/mol. The molecule has 1 atom stereocenters. The number of aromatic amines is 1. The average Bonchev–Trinajstić information content (AvgIpc) is 2.73. The number of rotatable bonds is 4. The second kappa shape index (κ2) is 7.80. The number of para-hydroxylation sites is 1. The molecule has 1 aromatic carbocycles. The highest BCUT2D eigenvalue weighted by Crippen LogP contribution is 2.21. The molecule has 1 saturated heterocycles. The van der Waals surface area contributed by atoms with Gasteiger partial charge in [0.2, 0.25) is 5.56 Å². The van der Waals surface area contributed by atoms with Crippen LogP contribution < -0.4 is 10.3 Å². The van der Waals surface area contributed by atoms with Crippen molar-refractivity contribution in [1.29, 1.82) is 0 Å². The molecule has 7 heteroatoms. The summed E-state index contributed by atoms with van der Waals surface area (Å²) in [6, 6.07) is 9.05. The Morgan fingerprint density at radius 2 is 2.07 bits per heavy atom. The summed E-state index contributed by atoms with van der Waals surface area (Å²) in [7, 11) is 0. The fourth-order valence-corrected chi connectivity index (χ4v) is 3.51. The van der Waals surface area contributed by atoms with Gasteiger partial charge in [0, 0.05) is 35.9 Å². The molecule has 1 amide bonds. The van der Waals surface area contributed by atoms with E-state index < -0.39 is 0 Å². The van der Waals surface area contributed by atoms with Crippen LogP contribution in [0.1, 0.15) is 35.7 Å². The first-order valence-corrected chi connectivity index (χ1v) is 9.53. The van der Waals surface area contributed by atoms with Crippen LogP contribution in [0.15, 0.2) is 47.5 Å². The van der Waals surface area contributed by atoms with Gasteiger partial charge in [0.05, 0.1) is 12.1 Å². The third-order valence-corrected chi connectivity index (χ3v) is 5.01. The van der Waals surface area contributed by atoms with E-state index in [0.29, 0.717) is 30.2 Å². The molecule has 3 aromatic rings. The molecule has 1 N–H and O–H groups in total. The summed E-state index contributed by atoms with van der Waals surface area (Å²) in [5.41, 5.74) is 1.85. The first kappa shape index (κ1) is 18.2. The zero-order chi connectivity index (χ0) is 19.5. The molecule has 1 unspecified atom stereocenters. The number of hydrogen-bond donors (Lipinski definition) is 1. The molecule has 1 fully saturated rings. The van der Waals surface area contributed by atoms with Gasteiger partial charge in [0.15, 0.2) is 0 Å². The summed E-state index contributed by atoms with van der Waals surface area (Å²) < 4.78 is 5.90. The Labute approximate surface area is 162 Å². The van der Waals surface area contributed by atoms with E-state index in [2.05, 4.69) is 15.0 Å². The van der Waals surface area contributed by atoms with Crippen molar-refractivity contribution in [2.75, 3.05) is 13.1 Å². The molecule has 1 aliphatic heterocycles. The Morgan fingerprint density at radius 3 is 2.86 bits per heavy atom. The number of likely N-dealkylation sites (tertiary alicyclic amines) is 1. The third-order valence-electron chi connectivity index (χ3n) is 5.01. The lowest BCUT2D eigenvalue weighted by atomic mass is 10.0. The first-order chi connectivity index (χ1) is 13.6. The second-order valence-electron chi connectivity index (χ2n) is 6.95. The Kier molecular flexibility index (Phi) is 5.06. The van der Waals surface area contributed by atoms with Gasteiger partial charge >= 0.3 is 6.01 Å². The van der Waals surface area contributed by atoms with Crippen molar-refractivity contribution >= 4 is 16.8 Å². The summed E-state index contributed by atoms with van der Waals surface area (Å²) in [5, 5.41) is 0.744. The van der Waals surface area contributed by atoms with Gasteiger partial charge in [-0.05, 0) is 30.9 Å². The summed E-state index contributed by atoms with van der Waals surface area (Å²) in [6.07, 6.45) is 5.88. The van der Waals surface area contributed by atoms with Crippen LogP contribution in [-0.2, 0) is 6.42 Å². The predicted molar refractivity (Wildman–Crippen MR) is 106 cm³/mol. The molecule has 0 bridgehead atoms. The van der Waals surface area contributed by atoms with Crippen LogP contribution in [0.4, 0.5) is 0 Å². The molecule has 2 aromatic heterocycles. The Bertz CT molecular complexity index is 1050. The number of carbonyl (C=O) groups excluding carboxylic acids is 1. The summed E-state index contributed by atoms with van der Waals surface area (Å²) in [4.78, 5) is 38.1. The zero-order valence-corrected chi connectivity index (χ0v) is 15.7. The van der Waals surface area contributed by atoms with Gasteiger partial charge in [-0.25, -0.2) is 9.97 Å². The lowest BCUT2D eigenvalue weighted by Gasteiger charge is -2.32. The summed E-state index contributed by atoms with van der Waals surface area (Å²) in [5.74, 6) is -0.155. The van der Waals surface area contributed by atoms with Gasteiger partial charge in [0.1, 0.15) is 6.10 Å². The van der Waals surface area contributed by atoms with Crippen molar-refractivity contribution in [2.45, 2.75) is 32.3 Å². The maximum atomic E-state index is 13.1. The zero-order valence-electron chi connectivity index (χ0n) is 15.7. The van der Waals surface area contributed by atoms with E-state index in [0.717, 1.165) is 30.2 Å². The van der Waals surface area contributed by atoms with Crippen molar-refractivity contribution in [1.82, 2.24) is 19.9 Å². The number of carbonyl (C=O) groups is 1. The number of ether oxygens (including phenoxy) is 1. The number of aromatic nitrogens is 3. The predicted octanol–water partition coefficient (Wildman–Crippen LogP) is 2.56. The standard InChI is InChI=1S/C21H22N4O3/c1-2-14-11-22-21(23-12-14)28-15-6-5-9-25(13-15)20(27)17-10-19(26)24-18-8-4-3-7-16(17)18/h3-4,7-8,10-12,15H,2,5-6,9,13H2,1H3,(H,24,26). The van der Waals surface area contributed by atoms with E-state index in [1.807, 2.05) is 25.1 Å². The highest BCUT2D eigenvalue weighted by atomic mass is 16.5. The SMILES string of the molecule is CCc1cnc(OC2CCCN(C(=O)c3cc(=O)[nH]c4ccccc34)C2)nc1. The molecule has 3 heterocycles. The average molecular weight is 378 g/mol. The number of pyridine rings is 1. The highest BCUT2D eigenvalue weighted by molar-refractivity contribution is 6.05. The van der Waals surface area contributed by atoms with Gasteiger partial charge in [0.25, 0.3) is 5.91 Å². The van der Waals surface area contributed by atoms with Crippen molar-refractivity contribution in [3.63, 3.8) is 0 Å². The Morgan fingerprint density at radius 1 is 1.29 bits per heavy atom. The molecule has 0 radical (unpaired) electrons. The van der Waals surface area contributed by atoms with Crippen LogP contribution in [0.5, 0.6) is 6.01 Å². The molecule has 0 aliphatic carbocycles. The van der Waals surface area contributed by atoms with Gasteiger partial charge in [-0.1, -0.05) is 25.1 Å². The molecular formula is C21H22N4O3. The number of nitrogens with zero attached hydrogens (tertiary/aromatic N) is 3. The maximum absolute atomic E-state index is 13.1. The number of aryl methyl sites for hydroxylation is 1. The minimum atomic E-state index is -0.281. The van der Waals surface area contributed by atoms with Crippen LogP contribution in [-0.4, -0.2) is 45.0 Å². The highest BCUT2D eigenvalue weighted by Gasteiger charge is 2.27. The topological polar surface area (TPSA) is 88.2 Å². The molecule has 144 valence electrons. The number of fused-ring (bicyclic) bond motifs is 1. The van der Waals surface area contributed by atoms with Crippen molar-refractivity contribution in [2.24, 2.45) is 0 Å². The molecular weight excluding hydrogens is 356 g/mol. The quantitative estimate of drug-likeness (QED) is 0.754. The van der Waals surface area contributed by atoms with Crippen molar-refractivity contribution in [3.05, 3.63) is 64.2 Å². The summed E-state index contributed by atoms with van der Waals surface area (Å²) >= 11 is 0. The van der Waals surface area contributed by atoms with E-state index >= 15 is 0 Å². The molecule has 1 aliphatic rings. The molecule has 28 heavy (non-hydrogen) atoms. The smallest absolute Gasteiger partial charge is 0.316 e. The van der Waals surface area contributed by atoms with Crippen LogP contribution in [0, 0.1) is 0 Å². The Hall–Kier alpha value is -3.22. The number of H-pyrrole nitrogens is 1. The van der Waals surface area contributed by atoms with E-state index in [4.69, 9.17) is 4.74 Å². The van der Waals surface area contributed by atoms with Crippen molar-refractivity contribution in [3.8, 4) is 6.01 Å². The largest absolute Gasteiger partial charge is 0.458 e. The second-order valence-corrected chi connectivity index (χ2v) is 6.95. The van der Waals surface area contributed by atoms with E-state index in [1.54, 1.807) is 23.4 Å². The van der Waals surface area contributed by atoms with E-state index in [1.165, 1.54) is 6.07 Å². The Balaban J connectivity index is 1.53. The number of piperidine rings is 1. The fraction of sp³-hybridized carbons (Fsp3) is 0.333. The van der Waals surface area contributed by atoms with E-state index in [-0.39, 0.29) is 17.6 Å². The van der Waals surface area contributed by atoms with Crippen LogP contribution in [0.2, 0.25) is 0 Å². The maximum Gasteiger partial charge on any atom is 0.316 e. The van der Waals surface area contributed by atoms with E-state index in [9.17, 15) is 9.59 Å². The summed E-state index contributed by atoms with van der Waals surface area (Å²) in [6.45, 7) is 3.12. The number of benzene rings is 1. The third kappa shape index (κ3) is 3.74. The normalized spacial score (nSPS) is 16.9. The number of amides is 1. The number of nitrogens with one attached hydrogen (secondary N) is 1. The van der Waals surface area contributed by atoms with Gasteiger partial charge < -0.3 is 14.6 Å². The lowest BCUT2D eigenvalue weighted by Crippen LogP contribution is -2.44. The number of hydrogen-bond acceptors (Lipinski definition) is 5. The first-order valence-electron chi connectivity index (χ1n) is 9.53. The molecule has 4 rings (SSSR count). The minimum absolute atomic E-state index is 0.155. The van der Waals surface area contributed by atoms with Gasteiger partial charge in [-0.2, -0.15) is 0 Å². The van der Waals surface area contributed by atoms with Crippen LogP contribution >= 0.6 is 0 Å². The molecule has 7 nitrogen and oxygen atoms in total. The minimum Gasteiger partial charge on any atom is -0.458 e. The van der Waals surface area contributed by atoms with Crippen molar-refractivity contribution < 1.29 is 9.53 Å². The lowest BCUT2D eigenvalue weighted by molar-refractivity contribution is 0.0517. The van der Waals surface area contributed by atoms with Gasteiger partial charge in [-0.3, -0.25) is 9.59 Å². The fourth-order valence-electron chi connectivity index (χ4n) is 3.51. The van der Waals surface area contributed by atoms with Crippen LogP contribution in [0.25, 0.3) is 10.9 Å².